The van der Waals surface area contributed by atoms with Gasteiger partial charge in [0.2, 0.25) is 0 Å². The molecule has 4 nitrogen and oxygen atoms in total. The van der Waals surface area contributed by atoms with Gasteiger partial charge in [-0.1, -0.05) is 18.3 Å². The van der Waals surface area contributed by atoms with Crippen molar-refractivity contribution < 1.29 is 4.42 Å². The average molecular weight is 237 g/mol. The van der Waals surface area contributed by atoms with Crippen molar-refractivity contribution in [1.29, 1.82) is 0 Å². The Balaban J connectivity index is 2.29. The number of aryl methyl sites for hydroxylation is 1. The van der Waals surface area contributed by atoms with Crippen LogP contribution in [-0.4, -0.2) is 17.2 Å². The molecule has 2 aromatic rings. The van der Waals surface area contributed by atoms with E-state index < -0.39 is 0 Å². The van der Waals surface area contributed by atoms with Crippen molar-refractivity contribution >= 4 is 11.3 Å². The lowest BCUT2D eigenvalue weighted by atomic mass is 10.2. The fourth-order valence-electron chi connectivity index (χ4n) is 1.56. The molecule has 16 heavy (non-hydrogen) atoms. The average Bonchev–Trinajstić information content (AvgIpc) is 2.89. The van der Waals surface area contributed by atoms with Crippen LogP contribution in [0.4, 0.5) is 0 Å². The van der Waals surface area contributed by atoms with Crippen LogP contribution in [0.1, 0.15) is 30.0 Å². The smallest absolute Gasteiger partial charge is 0.183 e. The molecule has 0 aliphatic carbocycles. The Labute approximate surface area is 98.7 Å². The quantitative estimate of drug-likeness (QED) is 0.888. The topological polar surface area (TPSA) is 51.0 Å². The molecular weight excluding hydrogens is 222 g/mol. The van der Waals surface area contributed by atoms with E-state index in [0.717, 1.165) is 27.8 Å². The first-order valence-corrected chi connectivity index (χ1v) is 6.13. The predicted octanol–water partition coefficient (Wildman–Crippen LogP) is 2.78. The van der Waals surface area contributed by atoms with Gasteiger partial charge < -0.3 is 9.73 Å². The van der Waals surface area contributed by atoms with Crippen LogP contribution in [-0.2, 0) is 0 Å². The monoisotopic (exact) mass is 237 g/mol. The van der Waals surface area contributed by atoms with E-state index in [4.69, 9.17) is 4.42 Å². The Kier molecular flexibility index (Phi) is 3.36. The molecule has 0 amide bonds. The normalized spacial score (nSPS) is 12.9. The summed E-state index contributed by atoms with van der Waals surface area (Å²) in [5.41, 5.74) is 1.10. The van der Waals surface area contributed by atoms with Gasteiger partial charge in [-0.05, 0) is 32.0 Å². The van der Waals surface area contributed by atoms with Crippen LogP contribution in [0.15, 0.2) is 16.7 Å². The van der Waals surface area contributed by atoms with E-state index in [2.05, 4.69) is 22.4 Å². The molecule has 0 spiro atoms. The zero-order valence-electron chi connectivity index (χ0n) is 9.65. The van der Waals surface area contributed by atoms with Gasteiger partial charge in [0.25, 0.3) is 0 Å². The maximum Gasteiger partial charge on any atom is 0.183 e. The van der Waals surface area contributed by atoms with Crippen molar-refractivity contribution in [3.05, 3.63) is 22.9 Å². The molecule has 0 fully saturated rings. The first kappa shape index (κ1) is 11.3. The Morgan fingerprint density at radius 3 is 2.88 bits per heavy atom. The number of nitrogens with one attached hydrogen (secondary N) is 1. The van der Waals surface area contributed by atoms with Crippen molar-refractivity contribution in [1.82, 2.24) is 15.5 Å². The Morgan fingerprint density at radius 2 is 2.31 bits per heavy atom. The van der Waals surface area contributed by atoms with Gasteiger partial charge in [0.1, 0.15) is 5.01 Å². The highest BCUT2D eigenvalue weighted by atomic mass is 32.1. The summed E-state index contributed by atoms with van der Waals surface area (Å²) in [6, 6.07) is 2.22. The van der Waals surface area contributed by atoms with Crippen LogP contribution >= 0.6 is 11.3 Å². The van der Waals surface area contributed by atoms with Gasteiger partial charge in [-0.15, -0.1) is 10.2 Å². The number of nitrogens with zero attached hydrogens (tertiary/aromatic N) is 2. The number of furan rings is 1. The SMILES string of the molecule is CCC(NC)c1nnc(-c2occc2C)s1. The summed E-state index contributed by atoms with van der Waals surface area (Å²) in [5.74, 6) is 0.828. The molecule has 1 atom stereocenters. The summed E-state index contributed by atoms with van der Waals surface area (Å²) < 4.78 is 5.40. The lowest BCUT2D eigenvalue weighted by Gasteiger charge is -2.07. The van der Waals surface area contributed by atoms with Gasteiger partial charge in [0.05, 0.1) is 12.3 Å². The summed E-state index contributed by atoms with van der Waals surface area (Å²) in [6.45, 7) is 4.13. The van der Waals surface area contributed by atoms with Crippen LogP contribution in [0, 0.1) is 6.92 Å². The van der Waals surface area contributed by atoms with Crippen molar-refractivity contribution in [2.24, 2.45) is 0 Å². The minimum absolute atomic E-state index is 0.279. The maximum absolute atomic E-state index is 5.40. The second-order valence-corrected chi connectivity index (χ2v) is 4.64. The Bertz CT molecular complexity index is 459. The third-order valence-electron chi connectivity index (χ3n) is 2.55. The highest BCUT2D eigenvalue weighted by Crippen LogP contribution is 2.30. The lowest BCUT2D eigenvalue weighted by molar-refractivity contribution is 0.567. The Hall–Kier alpha value is -1.20. The predicted molar refractivity (Wildman–Crippen MR) is 64.4 cm³/mol. The fourth-order valence-corrected chi connectivity index (χ4v) is 2.65. The standard InChI is InChI=1S/C11H15N3OS/c1-4-8(12-3)10-13-14-11(16-10)9-7(2)5-6-15-9/h5-6,8,12H,4H2,1-3H3. The highest BCUT2D eigenvalue weighted by molar-refractivity contribution is 7.14. The molecule has 2 rings (SSSR count). The van der Waals surface area contributed by atoms with Gasteiger partial charge in [-0.2, -0.15) is 0 Å². The number of rotatable bonds is 4. The van der Waals surface area contributed by atoms with Crippen LogP contribution in [0.3, 0.4) is 0 Å². The molecule has 0 aliphatic heterocycles. The minimum atomic E-state index is 0.279. The highest BCUT2D eigenvalue weighted by Gasteiger charge is 2.16. The molecule has 0 aliphatic rings. The molecule has 0 aromatic carbocycles. The first-order valence-electron chi connectivity index (χ1n) is 5.31. The van der Waals surface area contributed by atoms with Gasteiger partial charge in [0, 0.05) is 0 Å². The molecular formula is C11H15N3OS. The van der Waals surface area contributed by atoms with Crippen LogP contribution < -0.4 is 5.32 Å². The first-order chi connectivity index (χ1) is 7.76. The van der Waals surface area contributed by atoms with E-state index in [0.29, 0.717) is 0 Å². The van der Waals surface area contributed by atoms with Gasteiger partial charge >= 0.3 is 0 Å². The third kappa shape index (κ3) is 2.01. The summed E-state index contributed by atoms with van der Waals surface area (Å²) in [7, 11) is 1.94. The summed E-state index contributed by atoms with van der Waals surface area (Å²) in [4.78, 5) is 0. The molecule has 86 valence electrons. The van der Waals surface area contributed by atoms with Gasteiger partial charge in [0.15, 0.2) is 10.8 Å². The number of hydrogen-bond acceptors (Lipinski definition) is 5. The zero-order valence-corrected chi connectivity index (χ0v) is 10.5. The van der Waals surface area contributed by atoms with Crippen molar-refractivity contribution in [2.75, 3.05) is 7.05 Å². The van der Waals surface area contributed by atoms with E-state index in [-0.39, 0.29) is 6.04 Å². The van der Waals surface area contributed by atoms with E-state index in [9.17, 15) is 0 Å². The third-order valence-corrected chi connectivity index (χ3v) is 3.59. The van der Waals surface area contributed by atoms with Crippen molar-refractivity contribution in [2.45, 2.75) is 26.3 Å². The number of hydrogen-bond donors (Lipinski definition) is 1. The second-order valence-electron chi connectivity index (χ2n) is 3.63. The van der Waals surface area contributed by atoms with Crippen LogP contribution in [0.25, 0.3) is 10.8 Å². The van der Waals surface area contributed by atoms with Crippen LogP contribution in [0.2, 0.25) is 0 Å². The zero-order chi connectivity index (χ0) is 11.5. The van der Waals surface area contributed by atoms with E-state index in [1.807, 2.05) is 20.0 Å². The molecule has 2 aromatic heterocycles. The molecule has 0 saturated carbocycles. The second kappa shape index (κ2) is 4.76. The maximum atomic E-state index is 5.40. The molecule has 0 bridgehead atoms. The summed E-state index contributed by atoms with van der Waals surface area (Å²) in [6.07, 6.45) is 2.68. The van der Waals surface area contributed by atoms with E-state index in [1.54, 1.807) is 17.6 Å². The molecule has 0 saturated heterocycles. The van der Waals surface area contributed by atoms with E-state index >= 15 is 0 Å². The molecule has 1 N–H and O–H groups in total. The van der Waals surface area contributed by atoms with Crippen LogP contribution in [0.5, 0.6) is 0 Å². The van der Waals surface area contributed by atoms with Gasteiger partial charge in [-0.25, -0.2) is 0 Å². The molecule has 2 heterocycles. The Morgan fingerprint density at radius 1 is 1.50 bits per heavy atom. The molecule has 5 heteroatoms. The largest absolute Gasteiger partial charge is 0.461 e. The van der Waals surface area contributed by atoms with Gasteiger partial charge in [-0.3, -0.25) is 0 Å². The van der Waals surface area contributed by atoms with Crippen molar-refractivity contribution in [3.8, 4) is 10.8 Å². The molecule has 0 radical (unpaired) electrons. The summed E-state index contributed by atoms with van der Waals surface area (Å²) in [5, 5.41) is 13.5. The fraction of sp³-hybridized carbons (Fsp3) is 0.455. The minimum Gasteiger partial charge on any atom is -0.461 e. The summed E-state index contributed by atoms with van der Waals surface area (Å²) >= 11 is 1.58. The van der Waals surface area contributed by atoms with E-state index in [1.165, 1.54) is 0 Å². The number of aromatic nitrogens is 2. The lowest BCUT2D eigenvalue weighted by Crippen LogP contribution is -2.14. The molecule has 1 unspecified atom stereocenters. The van der Waals surface area contributed by atoms with Crippen molar-refractivity contribution in [3.63, 3.8) is 0 Å².